The van der Waals surface area contributed by atoms with Crippen LogP contribution in [0.3, 0.4) is 0 Å². The van der Waals surface area contributed by atoms with Gasteiger partial charge in [0.25, 0.3) is 11.8 Å². The molecule has 2 aromatic carbocycles. The molecule has 12 nitrogen and oxygen atoms in total. The number of benzene rings is 2. The molecule has 0 saturated heterocycles. The van der Waals surface area contributed by atoms with Crippen LogP contribution in [0.25, 0.3) is 0 Å². The van der Waals surface area contributed by atoms with Crippen molar-refractivity contribution >= 4 is 29.2 Å². The summed E-state index contributed by atoms with van der Waals surface area (Å²) in [7, 11) is 7.04. The molecular weight excluding hydrogens is 672 g/mol. The minimum absolute atomic E-state index is 0.0423. The van der Waals surface area contributed by atoms with Crippen LogP contribution in [-0.2, 0) is 9.59 Å². The van der Waals surface area contributed by atoms with Gasteiger partial charge in [0.05, 0.1) is 36.9 Å². The van der Waals surface area contributed by atoms with E-state index in [4.69, 9.17) is 25.9 Å². The summed E-state index contributed by atoms with van der Waals surface area (Å²) in [5.74, 6) is -1.38. The SMILES string of the molecule is C=C1CC(CC)CC(C)C1(NC(=O)C(N)=CC(=Nc1ccc(C(=O)N(CCCN)CCCN(C)C)cc1C(C)C)c1c(OC)cccc1OC)C(=O)O. The van der Waals surface area contributed by atoms with Gasteiger partial charge in [0.15, 0.2) is 5.54 Å². The van der Waals surface area contributed by atoms with Crippen LogP contribution >= 0.6 is 0 Å². The standard InChI is InChI=1S/C41H60N6O6/c1-10-29-22-27(4)41(40(50)51,28(5)23-29)45-38(48)32(43)25-34(37-35(52-8)14-11-15-36(37)53-9)44-33-17-16-30(24-31(33)26(2)3)39(49)47(20-12-18-42)21-13-19-46(6)7/h11,14-17,24-26,28-29H,4,10,12-13,18-23,42-43H2,1-3,5-9H3,(H,45,48)(H,50,51). The Kier molecular flexibility index (Phi) is 15.7. The molecule has 2 aromatic rings. The minimum Gasteiger partial charge on any atom is -0.496 e. The highest BCUT2D eigenvalue weighted by Gasteiger charge is 2.51. The number of ether oxygens (including phenoxy) is 2. The zero-order valence-electron chi connectivity index (χ0n) is 32.8. The van der Waals surface area contributed by atoms with E-state index in [2.05, 4.69) is 23.7 Å². The maximum absolute atomic E-state index is 13.9. The van der Waals surface area contributed by atoms with Gasteiger partial charge in [0.1, 0.15) is 11.5 Å². The highest BCUT2D eigenvalue weighted by Crippen LogP contribution is 2.42. The molecule has 290 valence electrons. The van der Waals surface area contributed by atoms with Gasteiger partial charge in [-0.15, -0.1) is 0 Å². The largest absolute Gasteiger partial charge is 0.496 e. The second-order valence-corrected chi connectivity index (χ2v) is 14.4. The fraction of sp³-hybridized carbons (Fsp3) is 0.512. The van der Waals surface area contributed by atoms with E-state index in [9.17, 15) is 19.5 Å². The van der Waals surface area contributed by atoms with Crippen LogP contribution in [-0.4, -0.2) is 98.4 Å². The van der Waals surface area contributed by atoms with Crippen molar-refractivity contribution in [1.29, 1.82) is 0 Å². The van der Waals surface area contributed by atoms with E-state index >= 15 is 0 Å². The summed E-state index contributed by atoms with van der Waals surface area (Å²) in [6.45, 7) is 14.5. The third-order valence-corrected chi connectivity index (χ3v) is 10.1. The molecule has 1 saturated carbocycles. The molecule has 12 heteroatoms. The van der Waals surface area contributed by atoms with Crippen molar-refractivity contribution in [2.75, 3.05) is 54.5 Å². The van der Waals surface area contributed by atoms with Crippen molar-refractivity contribution in [2.45, 2.75) is 71.3 Å². The Bertz CT molecular complexity index is 1660. The first-order chi connectivity index (χ1) is 25.1. The number of rotatable bonds is 18. The molecule has 1 aliphatic carbocycles. The number of nitrogens with zero attached hydrogens (tertiary/aromatic N) is 3. The molecule has 3 unspecified atom stereocenters. The van der Waals surface area contributed by atoms with Crippen LogP contribution in [0.4, 0.5) is 5.69 Å². The molecule has 0 bridgehead atoms. The third-order valence-electron chi connectivity index (χ3n) is 10.1. The number of carbonyl (C=O) groups excluding carboxylic acids is 2. The average Bonchev–Trinajstić information content (AvgIpc) is 3.12. The topological polar surface area (TPSA) is 173 Å². The van der Waals surface area contributed by atoms with Gasteiger partial charge in [-0.05, 0) is 118 Å². The number of nitrogens with one attached hydrogen (secondary N) is 1. The van der Waals surface area contributed by atoms with Crippen LogP contribution in [0.2, 0.25) is 0 Å². The number of hydrogen-bond donors (Lipinski definition) is 4. The minimum atomic E-state index is -1.68. The van der Waals surface area contributed by atoms with Gasteiger partial charge in [-0.2, -0.15) is 0 Å². The lowest BCUT2D eigenvalue weighted by molar-refractivity contribution is -0.148. The highest BCUT2D eigenvalue weighted by atomic mass is 16.5. The molecule has 3 rings (SSSR count). The summed E-state index contributed by atoms with van der Waals surface area (Å²) < 4.78 is 11.4. The maximum Gasteiger partial charge on any atom is 0.334 e. The number of carboxylic acids is 1. The number of carbonyl (C=O) groups is 3. The number of amides is 2. The van der Waals surface area contributed by atoms with E-state index in [0.717, 1.165) is 24.9 Å². The zero-order chi connectivity index (χ0) is 39.5. The predicted molar refractivity (Wildman–Crippen MR) is 211 cm³/mol. The normalized spacial score (nSPS) is 19.3. The molecule has 2 amide bonds. The van der Waals surface area contributed by atoms with Gasteiger partial charge in [-0.3, -0.25) is 9.59 Å². The average molecular weight is 733 g/mol. The number of hydrogen-bond acceptors (Lipinski definition) is 9. The Labute approximate surface area is 315 Å². The Morgan fingerprint density at radius 1 is 1.09 bits per heavy atom. The number of aliphatic imine (C=N–C) groups is 1. The smallest absolute Gasteiger partial charge is 0.334 e. The lowest BCUT2D eigenvalue weighted by atomic mass is 9.66. The quantitative estimate of drug-likeness (QED) is 0.0879. The maximum atomic E-state index is 13.9. The fourth-order valence-electron chi connectivity index (χ4n) is 7.02. The lowest BCUT2D eigenvalue weighted by Crippen LogP contribution is -2.62. The van der Waals surface area contributed by atoms with Crippen LogP contribution in [0.5, 0.6) is 11.5 Å². The molecule has 0 spiro atoms. The third kappa shape index (κ3) is 10.3. The predicted octanol–water partition coefficient (Wildman–Crippen LogP) is 5.49. The van der Waals surface area contributed by atoms with Crippen LogP contribution in [0.1, 0.15) is 87.2 Å². The summed E-state index contributed by atoms with van der Waals surface area (Å²) in [6.07, 6.45) is 4.91. The highest BCUT2D eigenvalue weighted by molar-refractivity contribution is 6.16. The Morgan fingerprint density at radius 3 is 2.26 bits per heavy atom. The Hall–Kier alpha value is -4.68. The summed E-state index contributed by atoms with van der Waals surface area (Å²) in [6, 6.07) is 10.6. The van der Waals surface area contributed by atoms with Crippen molar-refractivity contribution in [3.05, 3.63) is 77.0 Å². The molecule has 0 radical (unpaired) electrons. The van der Waals surface area contributed by atoms with Gasteiger partial charge >= 0.3 is 5.97 Å². The first kappa shape index (κ1) is 42.7. The van der Waals surface area contributed by atoms with E-state index in [1.54, 1.807) is 30.3 Å². The molecule has 1 fully saturated rings. The Balaban J connectivity index is 2.17. The van der Waals surface area contributed by atoms with E-state index in [0.29, 0.717) is 72.8 Å². The summed E-state index contributed by atoms with van der Waals surface area (Å²) in [5, 5.41) is 13.2. The molecule has 0 heterocycles. The van der Waals surface area contributed by atoms with Gasteiger partial charge in [-0.25, -0.2) is 9.79 Å². The van der Waals surface area contributed by atoms with E-state index in [1.165, 1.54) is 20.3 Å². The van der Waals surface area contributed by atoms with Crippen LogP contribution in [0.15, 0.2) is 65.3 Å². The molecule has 53 heavy (non-hydrogen) atoms. The zero-order valence-corrected chi connectivity index (χ0v) is 32.8. The van der Waals surface area contributed by atoms with Gasteiger partial charge in [0.2, 0.25) is 0 Å². The first-order valence-electron chi connectivity index (χ1n) is 18.4. The molecular formula is C41H60N6O6. The van der Waals surface area contributed by atoms with Crippen LogP contribution in [0, 0.1) is 11.8 Å². The molecule has 1 aliphatic rings. The molecule has 0 aliphatic heterocycles. The number of nitrogens with two attached hydrogens (primary N) is 2. The first-order valence-corrected chi connectivity index (χ1v) is 18.4. The Morgan fingerprint density at radius 2 is 1.74 bits per heavy atom. The van der Waals surface area contributed by atoms with Gasteiger partial charge in [-0.1, -0.05) is 46.8 Å². The number of allylic oxidation sites excluding steroid dienone is 1. The van der Waals surface area contributed by atoms with Crippen molar-refractivity contribution < 1.29 is 29.0 Å². The van der Waals surface area contributed by atoms with Crippen molar-refractivity contribution in [3.63, 3.8) is 0 Å². The number of aliphatic carboxylic acids is 1. The van der Waals surface area contributed by atoms with Crippen molar-refractivity contribution in [2.24, 2.45) is 28.3 Å². The van der Waals surface area contributed by atoms with Gasteiger partial charge in [0, 0.05) is 18.7 Å². The summed E-state index contributed by atoms with van der Waals surface area (Å²) in [5.41, 5.74) is 13.4. The monoisotopic (exact) mass is 732 g/mol. The van der Waals surface area contributed by atoms with Crippen molar-refractivity contribution in [3.8, 4) is 11.5 Å². The van der Waals surface area contributed by atoms with Crippen molar-refractivity contribution in [1.82, 2.24) is 15.1 Å². The number of methoxy groups -OCH3 is 2. The summed E-state index contributed by atoms with van der Waals surface area (Å²) in [4.78, 5) is 49.5. The molecule has 6 N–H and O–H groups in total. The second-order valence-electron chi connectivity index (χ2n) is 14.4. The van der Waals surface area contributed by atoms with Crippen LogP contribution < -0.4 is 26.3 Å². The second kappa shape index (κ2) is 19.4. The fourth-order valence-corrected chi connectivity index (χ4v) is 7.02. The van der Waals surface area contributed by atoms with E-state index < -0.39 is 23.3 Å². The summed E-state index contributed by atoms with van der Waals surface area (Å²) >= 11 is 0. The lowest BCUT2D eigenvalue weighted by Gasteiger charge is -2.44. The van der Waals surface area contributed by atoms with Gasteiger partial charge < -0.3 is 41.2 Å². The number of carboxylic acid groups (broad SMARTS) is 1. The molecule has 3 atom stereocenters. The molecule has 0 aromatic heterocycles. The van der Waals surface area contributed by atoms with E-state index in [-0.39, 0.29) is 29.2 Å². The van der Waals surface area contributed by atoms with E-state index in [1.807, 2.05) is 45.8 Å².